The molecule has 0 N–H and O–H groups in total. The van der Waals surface area contributed by atoms with Crippen molar-refractivity contribution in [3.05, 3.63) is 48.3 Å². The minimum Gasteiger partial charge on any atom is -0.443 e. The molecule has 0 aromatic heterocycles. The molecular weight excluding hydrogens is 453 g/mol. The number of hydrogen-bond acceptors (Lipinski definition) is 7. The Morgan fingerprint density at radius 3 is 2.58 bits per heavy atom. The Labute approximate surface area is 194 Å². The zero-order chi connectivity index (χ0) is 24.9. The SMILES string of the molecule is C=CCC1(c2ccccc2F)CS(=O)(=O)N(C)C(N(COCCOC)C(=O)OC(C)(C)C)=N1. The summed E-state index contributed by atoms with van der Waals surface area (Å²) in [5.41, 5.74) is -2.30. The minimum atomic E-state index is -4.00. The normalized spacial score (nSPS) is 20.2. The van der Waals surface area contributed by atoms with Crippen LogP contribution in [0.1, 0.15) is 32.8 Å². The van der Waals surface area contributed by atoms with Gasteiger partial charge in [0.05, 0.1) is 19.0 Å². The van der Waals surface area contributed by atoms with Crippen LogP contribution in [0.3, 0.4) is 0 Å². The third-order valence-electron chi connectivity index (χ3n) is 4.80. The van der Waals surface area contributed by atoms with Gasteiger partial charge >= 0.3 is 6.09 Å². The monoisotopic (exact) mass is 485 g/mol. The van der Waals surface area contributed by atoms with Gasteiger partial charge in [0.25, 0.3) is 0 Å². The number of nitrogens with zero attached hydrogens (tertiary/aromatic N) is 3. The van der Waals surface area contributed by atoms with Gasteiger partial charge in [0, 0.05) is 19.7 Å². The summed E-state index contributed by atoms with van der Waals surface area (Å²) in [7, 11) is -1.23. The summed E-state index contributed by atoms with van der Waals surface area (Å²) in [6.45, 7) is 8.80. The maximum Gasteiger partial charge on any atom is 0.419 e. The number of ether oxygens (including phenoxy) is 3. The minimum absolute atomic E-state index is 0.0250. The van der Waals surface area contributed by atoms with Gasteiger partial charge in [-0.2, -0.15) is 0 Å². The Bertz CT molecular complexity index is 992. The Balaban J connectivity index is 2.66. The molecule has 1 aliphatic rings. The van der Waals surface area contributed by atoms with Crippen LogP contribution < -0.4 is 0 Å². The highest BCUT2D eigenvalue weighted by atomic mass is 32.2. The first kappa shape index (κ1) is 26.7. The molecule has 0 saturated carbocycles. The Kier molecular flexibility index (Phi) is 8.61. The lowest BCUT2D eigenvalue weighted by Gasteiger charge is -2.40. The van der Waals surface area contributed by atoms with Crippen molar-refractivity contribution in [2.75, 3.05) is 39.9 Å². The number of sulfonamides is 1. The van der Waals surface area contributed by atoms with E-state index < -0.39 is 38.8 Å². The fraction of sp³-hybridized carbons (Fsp3) is 0.545. The first-order valence-corrected chi connectivity index (χ1v) is 12.0. The molecule has 9 nitrogen and oxygen atoms in total. The van der Waals surface area contributed by atoms with E-state index in [1.165, 1.54) is 38.4 Å². The van der Waals surface area contributed by atoms with Crippen LogP contribution in [0.4, 0.5) is 9.18 Å². The van der Waals surface area contributed by atoms with Gasteiger partial charge in [-0.1, -0.05) is 24.3 Å². The van der Waals surface area contributed by atoms with Crippen molar-refractivity contribution in [1.29, 1.82) is 0 Å². The lowest BCUT2D eigenvalue weighted by atomic mass is 9.88. The predicted octanol–water partition coefficient (Wildman–Crippen LogP) is 3.09. The summed E-state index contributed by atoms with van der Waals surface area (Å²) in [5.74, 6) is -1.35. The number of guanidine groups is 1. The highest BCUT2D eigenvalue weighted by Gasteiger charge is 2.47. The molecule has 0 spiro atoms. The van der Waals surface area contributed by atoms with Crippen molar-refractivity contribution in [2.24, 2.45) is 4.99 Å². The number of halogens is 1. The zero-order valence-electron chi connectivity index (χ0n) is 19.7. The molecule has 0 radical (unpaired) electrons. The van der Waals surface area contributed by atoms with Gasteiger partial charge in [-0.15, -0.1) is 6.58 Å². The Morgan fingerprint density at radius 2 is 2.00 bits per heavy atom. The van der Waals surface area contributed by atoms with Crippen molar-refractivity contribution in [3.8, 4) is 0 Å². The van der Waals surface area contributed by atoms with Crippen molar-refractivity contribution in [2.45, 2.75) is 38.3 Å². The van der Waals surface area contributed by atoms with Gasteiger partial charge < -0.3 is 14.2 Å². The molecule has 0 saturated heterocycles. The summed E-state index contributed by atoms with van der Waals surface area (Å²) >= 11 is 0. The summed E-state index contributed by atoms with van der Waals surface area (Å²) in [6.07, 6.45) is 0.641. The summed E-state index contributed by atoms with van der Waals surface area (Å²) < 4.78 is 58.0. The molecule has 1 heterocycles. The van der Waals surface area contributed by atoms with Crippen LogP contribution in [0.15, 0.2) is 41.9 Å². The van der Waals surface area contributed by atoms with Crippen LogP contribution >= 0.6 is 0 Å². The van der Waals surface area contributed by atoms with E-state index >= 15 is 0 Å². The van der Waals surface area contributed by atoms with Crippen molar-refractivity contribution >= 4 is 22.1 Å². The lowest BCUT2D eigenvalue weighted by Crippen LogP contribution is -2.56. The first-order chi connectivity index (χ1) is 15.4. The molecule has 1 atom stereocenters. The number of rotatable bonds is 8. The van der Waals surface area contributed by atoms with Gasteiger partial charge in [0.1, 0.15) is 23.7 Å². The van der Waals surface area contributed by atoms with Gasteiger partial charge in [-0.05, 0) is 33.3 Å². The molecule has 1 amide bonds. The van der Waals surface area contributed by atoms with Crippen molar-refractivity contribution in [3.63, 3.8) is 0 Å². The van der Waals surface area contributed by atoms with Gasteiger partial charge in [0.15, 0.2) is 0 Å². The Hall–Kier alpha value is -2.50. The maximum absolute atomic E-state index is 14.8. The molecule has 1 aliphatic heterocycles. The van der Waals surface area contributed by atoms with E-state index in [0.717, 1.165) is 9.21 Å². The number of amides is 1. The molecule has 2 rings (SSSR count). The molecule has 184 valence electrons. The maximum atomic E-state index is 14.8. The van der Waals surface area contributed by atoms with Crippen molar-refractivity contribution in [1.82, 2.24) is 9.21 Å². The number of hydrogen-bond donors (Lipinski definition) is 0. The highest BCUT2D eigenvalue weighted by Crippen LogP contribution is 2.38. The standard InChI is InChI=1S/C22H32FN3O6S/c1-7-12-22(17-10-8-9-11-18(17)23)15-33(28,29)25(5)19(24-22)26(16-31-14-13-30-6)20(27)32-21(2,3)4/h7-11H,1,12-16H2,2-6H3. The van der Waals surface area contributed by atoms with E-state index in [1.54, 1.807) is 26.8 Å². The fourth-order valence-corrected chi connectivity index (χ4v) is 4.81. The summed E-state index contributed by atoms with van der Waals surface area (Å²) in [5, 5.41) is 0. The quantitative estimate of drug-likeness (QED) is 0.319. The van der Waals surface area contributed by atoms with E-state index in [-0.39, 0.29) is 37.9 Å². The first-order valence-electron chi connectivity index (χ1n) is 10.4. The third-order valence-corrected chi connectivity index (χ3v) is 6.64. The lowest BCUT2D eigenvalue weighted by molar-refractivity contribution is -0.00415. The molecule has 11 heteroatoms. The number of benzene rings is 1. The van der Waals surface area contributed by atoms with E-state index in [9.17, 15) is 17.6 Å². The van der Waals surface area contributed by atoms with E-state index in [2.05, 4.69) is 11.6 Å². The second-order valence-corrected chi connectivity index (χ2v) is 10.6. The average molecular weight is 486 g/mol. The second-order valence-electron chi connectivity index (χ2n) is 8.58. The molecule has 0 aliphatic carbocycles. The van der Waals surface area contributed by atoms with Gasteiger partial charge in [-0.25, -0.2) is 31.8 Å². The van der Waals surface area contributed by atoms with Crippen LogP contribution in [0.25, 0.3) is 0 Å². The fourth-order valence-electron chi connectivity index (χ4n) is 3.28. The topological polar surface area (TPSA) is 97.7 Å². The van der Waals surface area contributed by atoms with Gasteiger partial charge in [0.2, 0.25) is 16.0 Å². The molecule has 1 aromatic rings. The van der Waals surface area contributed by atoms with E-state index in [0.29, 0.717) is 0 Å². The number of carbonyl (C=O) groups is 1. The Morgan fingerprint density at radius 1 is 1.33 bits per heavy atom. The molecule has 1 unspecified atom stereocenters. The molecule has 1 aromatic carbocycles. The van der Waals surface area contributed by atoms with Crippen molar-refractivity contribution < 1.29 is 31.8 Å². The zero-order valence-corrected chi connectivity index (χ0v) is 20.5. The largest absolute Gasteiger partial charge is 0.443 e. The van der Waals surface area contributed by atoms with Crippen LogP contribution in [0.2, 0.25) is 0 Å². The number of methoxy groups -OCH3 is 1. The molecule has 33 heavy (non-hydrogen) atoms. The predicted molar refractivity (Wildman–Crippen MR) is 123 cm³/mol. The second kappa shape index (κ2) is 10.6. The van der Waals surface area contributed by atoms with E-state index in [1.807, 2.05) is 0 Å². The van der Waals surface area contributed by atoms with E-state index in [4.69, 9.17) is 14.2 Å². The molecule has 0 bridgehead atoms. The van der Waals surface area contributed by atoms with Crippen LogP contribution in [0.5, 0.6) is 0 Å². The highest BCUT2D eigenvalue weighted by molar-refractivity contribution is 7.89. The third kappa shape index (κ3) is 6.52. The average Bonchev–Trinajstić information content (AvgIpc) is 2.70. The van der Waals surface area contributed by atoms with Crippen LogP contribution in [-0.2, 0) is 29.8 Å². The molecular formula is C22H32FN3O6S. The number of aliphatic imine (C=N–C) groups is 1. The number of carbonyl (C=O) groups excluding carboxylic acids is 1. The van der Waals surface area contributed by atoms with Crippen LogP contribution in [-0.4, -0.2) is 75.1 Å². The van der Waals surface area contributed by atoms with Crippen LogP contribution in [0, 0.1) is 5.82 Å². The summed E-state index contributed by atoms with van der Waals surface area (Å²) in [6, 6.07) is 5.82. The summed E-state index contributed by atoms with van der Waals surface area (Å²) in [4.78, 5) is 18.7. The smallest absolute Gasteiger partial charge is 0.419 e. The van der Waals surface area contributed by atoms with Gasteiger partial charge in [-0.3, -0.25) is 0 Å². The molecule has 0 fully saturated rings.